The highest BCUT2D eigenvalue weighted by Gasteiger charge is 2.05. The number of carbonyl (C=O) groups excluding carboxylic acids is 3. The molecule has 0 amide bonds. The molecule has 9 N–H and O–H groups in total. The minimum Gasteiger partial charge on any atom is -0.427 e. The second kappa shape index (κ2) is 58.3. The largest absolute Gasteiger partial charge is 0.427 e. The van der Waals surface area contributed by atoms with Crippen LogP contribution in [0, 0.1) is 0 Å². The molecule has 0 atom stereocenters. The van der Waals surface area contributed by atoms with Crippen LogP contribution in [0.2, 0.25) is 0 Å². The van der Waals surface area contributed by atoms with E-state index >= 15 is 0 Å². The molecule has 0 aliphatic heterocycles. The van der Waals surface area contributed by atoms with Crippen molar-refractivity contribution in [2.24, 2.45) is 0 Å². The summed E-state index contributed by atoms with van der Waals surface area (Å²) in [6.07, 6.45) is 45.8. The second-order valence-electron chi connectivity index (χ2n) is 20.8. The molecule has 3 rings (SSSR count). The number of hydrogen-bond acceptors (Lipinski definition) is 9. The Balaban J connectivity index is -0.00000104. The van der Waals surface area contributed by atoms with Gasteiger partial charge in [-0.25, -0.2) is 0 Å². The lowest BCUT2D eigenvalue weighted by Crippen LogP contribution is -2.05. The number of rotatable bonds is 39. The number of aryl methyl sites for hydroxylation is 3. The third-order valence-electron chi connectivity index (χ3n) is 12.8. The van der Waals surface area contributed by atoms with Crippen molar-refractivity contribution in [1.29, 1.82) is 0 Å². The summed E-state index contributed by atoms with van der Waals surface area (Å²) in [7, 11) is 0. The summed E-state index contributed by atoms with van der Waals surface area (Å²) < 4.78 is 15.6. The maximum atomic E-state index is 11.2. The molecule has 15 nitrogen and oxygen atoms in total. The Morgan fingerprint density at radius 2 is 0.429 bits per heavy atom. The van der Waals surface area contributed by atoms with Gasteiger partial charge < -0.3 is 58.3 Å². The Bertz CT molecular complexity index is 1890. The number of esters is 3. The number of unbranched alkanes of at least 4 members (excludes halogenated alkanes) is 27. The van der Waals surface area contributed by atoms with E-state index in [1.165, 1.54) is 209 Å². The van der Waals surface area contributed by atoms with E-state index in [-0.39, 0.29) is 17.9 Å². The first-order chi connectivity index (χ1) is 39.8. The standard InChI is InChI=1S/3C21H34O2.3H3O3PS/c3*1-3-5-6-7-8-9-10-11-12-13-14-19-15-17-20(18-16-19)23-21(22)4-2;3*1-4(2,3)5/h3*15-18H,3-14H2,1-2H3;3*(H3,1,2,3,5). The van der Waals surface area contributed by atoms with Crippen LogP contribution >= 0.6 is 20.2 Å². The van der Waals surface area contributed by atoms with Gasteiger partial charge in [-0.3, -0.25) is 14.4 Å². The van der Waals surface area contributed by atoms with Gasteiger partial charge in [-0.15, -0.1) is 0 Å². The maximum absolute atomic E-state index is 11.2. The molecule has 3 aromatic rings. The van der Waals surface area contributed by atoms with Crippen LogP contribution in [0.4, 0.5) is 0 Å². The van der Waals surface area contributed by atoms with E-state index in [1.54, 1.807) is 0 Å². The summed E-state index contributed by atoms with van der Waals surface area (Å²) in [5.41, 5.74) is 4.00. The summed E-state index contributed by atoms with van der Waals surface area (Å²) in [5, 5.41) is 0. The molecule has 3 aromatic carbocycles. The summed E-state index contributed by atoms with van der Waals surface area (Å²) in [6, 6.07) is 23.9. The first-order valence-corrected chi connectivity index (χ1v) is 39.0. The molecular weight excluding hydrogens is 1190 g/mol. The Kier molecular flexibility index (Phi) is 59.6. The minimum absolute atomic E-state index is 0.174. The van der Waals surface area contributed by atoms with Crippen LogP contribution in [0.25, 0.3) is 0 Å². The van der Waals surface area contributed by atoms with Gasteiger partial charge in [0.1, 0.15) is 17.2 Å². The number of ether oxygens (including phenoxy) is 3. The predicted molar refractivity (Wildman–Crippen MR) is 357 cm³/mol. The molecule has 0 aliphatic rings. The minimum atomic E-state index is -3.81. The summed E-state index contributed by atoms with van der Waals surface area (Å²) >= 11 is 10.8. The van der Waals surface area contributed by atoms with Gasteiger partial charge >= 0.3 is 38.1 Å². The van der Waals surface area contributed by atoms with Crippen LogP contribution in [0.5, 0.6) is 17.2 Å². The number of benzene rings is 3. The first kappa shape index (κ1) is 85.9. The van der Waals surface area contributed by atoms with Gasteiger partial charge in [-0.1, -0.05) is 251 Å². The van der Waals surface area contributed by atoms with E-state index in [2.05, 4.69) is 92.6 Å². The van der Waals surface area contributed by atoms with Crippen molar-refractivity contribution in [3.8, 4) is 17.2 Å². The maximum Gasteiger partial charge on any atom is 0.319 e. The van der Waals surface area contributed by atoms with E-state index in [4.69, 9.17) is 58.3 Å². The van der Waals surface area contributed by atoms with Gasteiger partial charge in [-0.05, 0) is 127 Å². The number of carbonyl (C=O) groups is 3. The van der Waals surface area contributed by atoms with Crippen LogP contribution in [-0.2, 0) is 69.1 Å². The molecule has 21 heteroatoms. The van der Waals surface area contributed by atoms with Crippen molar-refractivity contribution in [1.82, 2.24) is 0 Å². The van der Waals surface area contributed by atoms with Gasteiger partial charge in [0, 0.05) is 19.3 Å². The fourth-order valence-electron chi connectivity index (χ4n) is 8.23. The fraction of sp³-hybridized carbons (Fsp3) is 0.667. The van der Waals surface area contributed by atoms with Crippen LogP contribution < -0.4 is 14.2 Å². The van der Waals surface area contributed by atoms with Crippen molar-refractivity contribution >= 4 is 73.5 Å². The molecule has 0 saturated heterocycles. The molecule has 0 fully saturated rings. The lowest BCUT2D eigenvalue weighted by molar-refractivity contribution is -0.134. The zero-order valence-corrected chi connectivity index (χ0v) is 57.1. The zero-order valence-electron chi connectivity index (χ0n) is 51.9. The highest BCUT2D eigenvalue weighted by molar-refractivity contribution is 8.06. The van der Waals surface area contributed by atoms with Crippen molar-refractivity contribution in [3.05, 3.63) is 89.5 Å². The summed E-state index contributed by atoms with van der Waals surface area (Å²) in [5.74, 6) is 1.45. The van der Waals surface area contributed by atoms with Crippen LogP contribution in [0.1, 0.15) is 270 Å². The Labute approximate surface area is 522 Å². The fourth-order valence-corrected chi connectivity index (χ4v) is 8.23. The van der Waals surface area contributed by atoms with Crippen LogP contribution in [0.15, 0.2) is 72.8 Å². The SMILES string of the molecule is CCCCCCCCCCCCc1ccc(OC(=O)CC)cc1.CCCCCCCCCCCCc1ccc(OC(=O)CC)cc1.CCCCCCCCCCCCc1ccc(OC(=O)CC)cc1.OP(O)(O)=S.OP(O)(O)=S.OP(O)(O)=S. The predicted octanol–water partition coefficient (Wildman–Crippen LogP) is 17.0. The lowest BCUT2D eigenvalue weighted by Gasteiger charge is -2.05. The zero-order chi connectivity index (χ0) is 63.8. The molecule has 0 spiro atoms. The molecule has 84 heavy (non-hydrogen) atoms. The highest BCUT2D eigenvalue weighted by Crippen LogP contribution is 2.28. The average Bonchev–Trinajstić information content (AvgIpc) is 3.48. The van der Waals surface area contributed by atoms with E-state index in [0.717, 1.165) is 19.3 Å². The summed E-state index contributed by atoms with van der Waals surface area (Å²) in [4.78, 5) is 102. The third-order valence-corrected chi connectivity index (χ3v) is 12.8. The Morgan fingerprint density at radius 1 is 0.286 bits per heavy atom. The summed E-state index contributed by atoms with van der Waals surface area (Å²) in [6.45, 7) is 0.813. The first-order valence-electron chi connectivity index (χ1n) is 31.0. The molecule has 0 aromatic heterocycles. The molecule has 0 unspecified atom stereocenters. The molecular formula is C63H111O15P3S3. The van der Waals surface area contributed by atoms with Crippen LogP contribution in [-0.4, -0.2) is 61.9 Å². The average molecular weight is 1300 g/mol. The second-order valence-corrected chi connectivity index (χ2v) is 28.2. The van der Waals surface area contributed by atoms with E-state index < -0.39 is 20.2 Å². The Morgan fingerprint density at radius 3 is 0.571 bits per heavy atom. The van der Waals surface area contributed by atoms with Crippen molar-refractivity contribution in [2.45, 2.75) is 273 Å². The third kappa shape index (κ3) is 73.9. The van der Waals surface area contributed by atoms with Crippen LogP contribution in [0.3, 0.4) is 0 Å². The van der Waals surface area contributed by atoms with E-state index in [1.807, 2.05) is 57.2 Å². The monoisotopic (exact) mass is 1300 g/mol. The van der Waals surface area contributed by atoms with Crippen molar-refractivity contribution in [2.75, 3.05) is 0 Å². The molecule has 0 bridgehead atoms. The van der Waals surface area contributed by atoms with Crippen molar-refractivity contribution in [3.63, 3.8) is 0 Å². The Hall–Kier alpha value is -2.34. The van der Waals surface area contributed by atoms with Gasteiger partial charge in [0.15, 0.2) is 0 Å². The van der Waals surface area contributed by atoms with Gasteiger partial charge in [-0.2, -0.15) is 0 Å². The molecule has 486 valence electrons. The van der Waals surface area contributed by atoms with Gasteiger partial charge in [0.2, 0.25) is 0 Å². The molecule has 0 radical (unpaired) electrons. The van der Waals surface area contributed by atoms with Crippen molar-refractivity contribution < 1.29 is 72.6 Å². The van der Waals surface area contributed by atoms with E-state index in [0.29, 0.717) is 36.5 Å². The highest BCUT2D eigenvalue weighted by atomic mass is 32.5. The van der Waals surface area contributed by atoms with Gasteiger partial charge in [0.25, 0.3) is 0 Å². The number of hydrogen-bond donors (Lipinski definition) is 9. The smallest absolute Gasteiger partial charge is 0.319 e. The molecule has 0 aliphatic carbocycles. The van der Waals surface area contributed by atoms with Gasteiger partial charge in [0.05, 0.1) is 0 Å². The lowest BCUT2D eigenvalue weighted by atomic mass is 10.0. The normalized spacial score (nSPS) is 10.9. The molecule has 0 saturated carbocycles. The quantitative estimate of drug-likeness (QED) is 0.0111. The van der Waals surface area contributed by atoms with E-state index in [9.17, 15) is 14.4 Å². The molecule has 0 heterocycles. The topological polar surface area (TPSA) is 261 Å².